The third-order valence-electron chi connectivity index (χ3n) is 3.71. The van der Waals surface area contributed by atoms with Crippen molar-refractivity contribution in [3.8, 4) is 0 Å². The van der Waals surface area contributed by atoms with Gasteiger partial charge in [-0.3, -0.25) is 4.79 Å². The minimum Gasteiger partial charge on any atom is -0.449 e. The van der Waals surface area contributed by atoms with Crippen LogP contribution in [0.3, 0.4) is 0 Å². The quantitative estimate of drug-likeness (QED) is 0.564. The van der Waals surface area contributed by atoms with Gasteiger partial charge in [0.25, 0.3) is 5.91 Å². The number of nitrogens with one attached hydrogen (secondary N) is 1. The van der Waals surface area contributed by atoms with E-state index >= 15 is 0 Å². The highest BCUT2D eigenvalue weighted by molar-refractivity contribution is 7.08. The van der Waals surface area contributed by atoms with Gasteiger partial charge in [0.2, 0.25) is 0 Å². The smallest absolute Gasteiger partial charge is 0.331 e. The van der Waals surface area contributed by atoms with Crippen molar-refractivity contribution in [2.75, 3.05) is 0 Å². The standard InChI is InChI=1S/C20H23NO3S/c1-3-7-18(17-8-5-4-6-9-17)21-20(23)15(2)24-19(22)11-10-16-12-13-25-14-16/h4-6,8-15,18H,3,7H2,1-2H3,(H,21,23)/b11-10+/t15-,18-/m1/s1. The third-order valence-corrected chi connectivity index (χ3v) is 4.41. The lowest BCUT2D eigenvalue weighted by atomic mass is 10.0. The van der Waals surface area contributed by atoms with Crippen LogP contribution in [0, 0.1) is 0 Å². The molecular formula is C20H23NO3S. The van der Waals surface area contributed by atoms with Crippen LogP contribution in [0.1, 0.15) is 43.9 Å². The molecule has 0 saturated carbocycles. The van der Waals surface area contributed by atoms with E-state index in [1.165, 1.54) is 6.08 Å². The maximum Gasteiger partial charge on any atom is 0.331 e. The van der Waals surface area contributed by atoms with E-state index in [1.807, 2.05) is 47.2 Å². The minimum atomic E-state index is -0.845. The average molecular weight is 357 g/mol. The molecule has 2 rings (SSSR count). The number of benzene rings is 1. The van der Waals surface area contributed by atoms with Gasteiger partial charge in [0.15, 0.2) is 6.10 Å². The Morgan fingerprint density at radius 2 is 2.00 bits per heavy atom. The number of amides is 1. The molecule has 0 saturated heterocycles. The number of ether oxygens (including phenoxy) is 1. The van der Waals surface area contributed by atoms with Crippen molar-refractivity contribution in [1.82, 2.24) is 5.32 Å². The van der Waals surface area contributed by atoms with Crippen molar-refractivity contribution < 1.29 is 14.3 Å². The van der Waals surface area contributed by atoms with E-state index in [-0.39, 0.29) is 11.9 Å². The lowest BCUT2D eigenvalue weighted by molar-refractivity contribution is -0.150. The molecular weight excluding hydrogens is 334 g/mol. The largest absolute Gasteiger partial charge is 0.449 e. The minimum absolute atomic E-state index is 0.0822. The van der Waals surface area contributed by atoms with Gasteiger partial charge in [0.05, 0.1) is 6.04 Å². The zero-order chi connectivity index (χ0) is 18.1. The molecule has 2 aromatic rings. The van der Waals surface area contributed by atoms with E-state index in [0.29, 0.717) is 0 Å². The maximum atomic E-state index is 12.4. The Morgan fingerprint density at radius 3 is 2.64 bits per heavy atom. The van der Waals surface area contributed by atoms with Gasteiger partial charge >= 0.3 is 5.97 Å². The Hall–Kier alpha value is -2.40. The van der Waals surface area contributed by atoms with Gasteiger partial charge in [-0.15, -0.1) is 0 Å². The predicted molar refractivity (Wildman–Crippen MR) is 101 cm³/mol. The average Bonchev–Trinajstić information content (AvgIpc) is 3.14. The number of rotatable bonds is 8. The summed E-state index contributed by atoms with van der Waals surface area (Å²) in [6, 6.07) is 11.6. The molecule has 1 aromatic carbocycles. The van der Waals surface area contributed by atoms with Gasteiger partial charge in [-0.2, -0.15) is 11.3 Å². The van der Waals surface area contributed by atoms with E-state index in [4.69, 9.17) is 4.74 Å². The van der Waals surface area contributed by atoms with Crippen LogP contribution in [0.2, 0.25) is 0 Å². The lowest BCUT2D eigenvalue weighted by Crippen LogP contribution is -2.38. The number of carbonyl (C=O) groups excluding carboxylic acids is 2. The van der Waals surface area contributed by atoms with Gasteiger partial charge in [0.1, 0.15) is 0 Å². The van der Waals surface area contributed by atoms with E-state index in [0.717, 1.165) is 24.0 Å². The SMILES string of the molecule is CCC[C@@H](NC(=O)[C@@H](C)OC(=O)/C=C/c1ccsc1)c1ccccc1. The number of hydrogen-bond acceptors (Lipinski definition) is 4. The van der Waals surface area contributed by atoms with Crippen molar-refractivity contribution in [2.24, 2.45) is 0 Å². The fourth-order valence-corrected chi connectivity index (χ4v) is 3.01. The Kier molecular flexibility index (Phi) is 7.41. The zero-order valence-corrected chi connectivity index (χ0v) is 15.3. The van der Waals surface area contributed by atoms with Crippen LogP contribution in [-0.4, -0.2) is 18.0 Å². The normalized spacial score (nSPS) is 13.4. The van der Waals surface area contributed by atoms with Crippen LogP contribution in [0.5, 0.6) is 0 Å². The Labute approximate surface area is 152 Å². The van der Waals surface area contributed by atoms with E-state index < -0.39 is 12.1 Å². The van der Waals surface area contributed by atoms with Gasteiger partial charge in [-0.1, -0.05) is 43.7 Å². The number of hydrogen-bond donors (Lipinski definition) is 1. The summed E-state index contributed by atoms with van der Waals surface area (Å²) < 4.78 is 5.19. The summed E-state index contributed by atoms with van der Waals surface area (Å²) in [7, 11) is 0. The molecule has 0 aliphatic rings. The third kappa shape index (κ3) is 6.19. The summed E-state index contributed by atoms with van der Waals surface area (Å²) in [6.45, 7) is 3.65. The first kappa shape index (κ1) is 18.9. The molecule has 2 atom stereocenters. The molecule has 5 heteroatoms. The van der Waals surface area contributed by atoms with Gasteiger partial charge < -0.3 is 10.1 Å². The molecule has 1 heterocycles. The summed E-state index contributed by atoms with van der Waals surface area (Å²) in [5.41, 5.74) is 1.99. The summed E-state index contributed by atoms with van der Waals surface area (Å²) in [5, 5.41) is 6.83. The molecule has 1 N–H and O–H groups in total. The van der Waals surface area contributed by atoms with Crippen molar-refractivity contribution in [3.05, 3.63) is 64.4 Å². The van der Waals surface area contributed by atoms with Crippen LogP contribution in [-0.2, 0) is 14.3 Å². The van der Waals surface area contributed by atoms with Crippen LogP contribution in [0.4, 0.5) is 0 Å². The van der Waals surface area contributed by atoms with Crippen molar-refractivity contribution in [1.29, 1.82) is 0 Å². The molecule has 0 fully saturated rings. The highest BCUT2D eigenvalue weighted by atomic mass is 32.1. The highest BCUT2D eigenvalue weighted by Gasteiger charge is 2.20. The molecule has 0 radical (unpaired) electrons. The molecule has 0 aliphatic carbocycles. The molecule has 132 valence electrons. The van der Waals surface area contributed by atoms with Crippen molar-refractivity contribution in [3.63, 3.8) is 0 Å². The summed E-state index contributed by atoms with van der Waals surface area (Å²) in [6.07, 6.45) is 3.94. The molecule has 25 heavy (non-hydrogen) atoms. The monoisotopic (exact) mass is 357 g/mol. The fourth-order valence-electron chi connectivity index (χ4n) is 2.39. The first-order valence-electron chi connectivity index (χ1n) is 8.36. The molecule has 0 bridgehead atoms. The number of carbonyl (C=O) groups is 2. The molecule has 1 amide bonds. The van der Waals surface area contributed by atoms with Crippen molar-refractivity contribution >= 4 is 29.3 Å². The second kappa shape index (κ2) is 9.79. The second-order valence-electron chi connectivity index (χ2n) is 5.73. The van der Waals surface area contributed by atoms with E-state index in [9.17, 15) is 9.59 Å². The lowest BCUT2D eigenvalue weighted by Gasteiger charge is -2.21. The zero-order valence-electron chi connectivity index (χ0n) is 14.5. The van der Waals surface area contributed by atoms with E-state index in [1.54, 1.807) is 24.3 Å². The number of esters is 1. The molecule has 0 aliphatic heterocycles. The first-order valence-corrected chi connectivity index (χ1v) is 9.30. The maximum absolute atomic E-state index is 12.4. The second-order valence-corrected chi connectivity index (χ2v) is 6.51. The Balaban J connectivity index is 1.90. The molecule has 0 unspecified atom stereocenters. The van der Waals surface area contributed by atoms with Crippen molar-refractivity contribution in [2.45, 2.75) is 38.8 Å². The topological polar surface area (TPSA) is 55.4 Å². The van der Waals surface area contributed by atoms with Crippen LogP contribution in [0.25, 0.3) is 6.08 Å². The van der Waals surface area contributed by atoms with Crippen LogP contribution in [0.15, 0.2) is 53.2 Å². The molecule has 1 aromatic heterocycles. The van der Waals surface area contributed by atoms with Crippen LogP contribution < -0.4 is 5.32 Å². The van der Waals surface area contributed by atoms with Gasteiger partial charge in [-0.05, 0) is 47.4 Å². The fraction of sp³-hybridized carbons (Fsp3) is 0.300. The Bertz CT molecular complexity index is 695. The molecule has 0 spiro atoms. The molecule has 4 nitrogen and oxygen atoms in total. The van der Waals surface area contributed by atoms with Crippen LogP contribution >= 0.6 is 11.3 Å². The first-order chi connectivity index (χ1) is 12.1. The summed E-state index contributed by atoms with van der Waals surface area (Å²) >= 11 is 1.55. The summed E-state index contributed by atoms with van der Waals surface area (Å²) in [4.78, 5) is 24.2. The predicted octanol–water partition coefficient (Wildman–Crippen LogP) is 4.35. The van der Waals surface area contributed by atoms with Gasteiger partial charge in [0, 0.05) is 6.08 Å². The number of thiophene rings is 1. The Morgan fingerprint density at radius 1 is 1.24 bits per heavy atom. The highest BCUT2D eigenvalue weighted by Crippen LogP contribution is 2.18. The van der Waals surface area contributed by atoms with Gasteiger partial charge in [-0.25, -0.2) is 4.79 Å². The summed E-state index contributed by atoms with van der Waals surface area (Å²) in [5.74, 6) is -0.819. The van der Waals surface area contributed by atoms with E-state index in [2.05, 4.69) is 12.2 Å².